The summed E-state index contributed by atoms with van der Waals surface area (Å²) < 4.78 is 0. The number of benzene rings is 1. The van der Waals surface area contributed by atoms with E-state index in [-0.39, 0.29) is 12.3 Å². The lowest BCUT2D eigenvalue weighted by molar-refractivity contribution is -0.305. The van der Waals surface area contributed by atoms with E-state index < -0.39 is 12.0 Å². The number of amides is 1. The Morgan fingerprint density at radius 1 is 1.33 bits per heavy atom. The van der Waals surface area contributed by atoms with E-state index in [9.17, 15) is 14.7 Å². The van der Waals surface area contributed by atoms with Crippen LogP contribution in [0.1, 0.15) is 6.42 Å². The number of rotatable bonds is 2. The van der Waals surface area contributed by atoms with Crippen molar-refractivity contribution in [3.8, 4) is 0 Å². The van der Waals surface area contributed by atoms with E-state index in [0.29, 0.717) is 5.69 Å². The fraction of sp³-hybridized carbons (Fsp3) is 0.200. The van der Waals surface area contributed by atoms with Crippen molar-refractivity contribution < 1.29 is 14.7 Å². The van der Waals surface area contributed by atoms with Crippen LogP contribution in [0.15, 0.2) is 24.3 Å². The van der Waals surface area contributed by atoms with Crippen molar-refractivity contribution in [1.82, 2.24) is 0 Å². The highest BCUT2D eigenvalue weighted by Crippen LogP contribution is 2.26. The molecule has 1 aromatic rings. The van der Waals surface area contributed by atoms with E-state index >= 15 is 0 Å². The zero-order valence-corrected chi connectivity index (χ0v) is 7.82. The van der Waals surface area contributed by atoms with Crippen molar-refractivity contribution in [3.05, 3.63) is 24.3 Å². The Morgan fingerprint density at radius 3 is 2.67 bits per heavy atom. The molecule has 78 valence electrons. The van der Waals surface area contributed by atoms with Crippen LogP contribution in [0.25, 0.3) is 0 Å². The van der Waals surface area contributed by atoms with Crippen molar-refractivity contribution >= 4 is 23.3 Å². The first-order valence-corrected chi connectivity index (χ1v) is 4.53. The van der Waals surface area contributed by atoms with Gasteiger partial charge in [0.15, 0.2) is 0 Å². The van der Waals surface area contributed by atoms with Gasteiger partial charge in [-0.1, -0.05) is 12.1 Å². The quantitative estimate of drug-likeness (QED) is 0.685. The van der Waals surface area contributed by atoms with Gasteiger partial charge >= 0.3 is 0 Å². The van der Waals surface area contributed by atoms with Crippen LogP contribution in [0.2, 0.25) is 0 Å². The number of hydrogen-bond acceptors (Lipinski definition) is 4. The van der Waals surface area contributed by atoms with Gasteiger partial charge in [-0.2, -0.15) is 0 Å². The summed E-state index contributed by atoms with van der Waals surface area (Å²) >= 11 is 0. The second kappa shape index (κ2) is 3.61. The molecule has 0 aliphatic carbocycles. The summed E-state index contributed by atoms with van der Waals surface area (Å²) in [6.45, 7) is 0. The fourth-order valence-electron chi connectivity index (χ4n) is 1.50. The zero-order valence-electron chi connectivity index (χ0n) is 7.82. The molecule has 0 fully saturated rings. The lowest BCUT2D eigenvalue weighted by Gasteiger charge is -2.26. The van der Waals surface area contributed by atoms with Crippen LogP contribution in [0.4, 0.5) is 11.4 Å². The summed E-state index contributed by atoms with van der Waals surface area (Å²) in [5, 5.41) is 15.9. The highest BCUT2D eigenvalue weighted by atomic mass is 16.4. The van der Waals surface area contributed by atoms with Crippen molar-refractivity contribution in [3.63, 3.8) is 0 Å². The fourth-order valence-corrected chi connectivity index (χ4v) is 1.50. The molecule has 1 heterocycles. The third-order valence-corrected chi connectivity index (χ3v) is 2.20. The first-order chi connectivity index (χ1) is 7.16. The van der Waals surface area contributed by atoms with Crippen LogP contribution in [0.3, 0.4) is 0 Å². The molecular weight excluding hydrogens is 196 g/mol. The van der Waals surface area contributed by atoms with Crippen molar-refractivity contribution in [2.75, 3.05) is 10.6 Å². The van der Waals surface area contributed by atoms with E-state index in [4.69, 9.17) is 0 Å². The molecule has 0 saturated carbocycles. The maximum atomic E-state index is 11.4. The average molecular weight is 205 g/mol. The van der Waals surface area contributed by atoms with Gasteiger partial charge in [0.1, 0.15) is 6.04 Å². The number of carbonyl (C=O) groups is 2. The van der Waals surface area contributed by atoms with Crippen LogP contribution in [-0.4, -0.2) is 17.9 Å². The van der Waals surface area contributed by atoms with Crippen molar-refractivity contribution in [2.45, 2.75) is 12.5 Å². The standard InChI is InChI=1S/C10H10N2O3/c13-9(14)5-8-10(15)12-7-4-2-1-3-6(7)11-8/h1-4,8,11H,5H2,(H,12,15)(H,13,14)/p-1. The maximum Gasteiger partial charge on any atom is 0.247 e. The molecule has 1 aromatic carbocycles. The van der Waals surface area contributed by atoms with E-state index in [0.717, 1.165) is 5.69 Å². The Kier molecular flexibility index (Phi) is 2.29. The van der Waals surface area contributed by atoms with E-state index in [1.807, 2.05) is 0 Å². The van der Waals surface area contributed by atoms with Gasteiger partial charge in [0, 0.05) is 12.4 Å². The number of aliphatic carboxylic acids is 1. The highest BCUT2D eigenvalue weighted by Gasteiger charge is 2.24. The van der Waals surface area contributed by atoms with Crippen molar-refractivity contribution in [2.24, 2.45) is 0 Å². The number of hydrogen-bond donors (Lipinski definition) is 2. The number of fused-ring (bicyclic) bond motifs is 1. The summed E-state index contributed by atoms with van der Waals surface area (Å²) in [6, 6.07) is 6.36. The van der Waals surface area contributed by atoms with Gasteiger partial charge in [0.05, 0.1) is 11.4 Å². The average Bonchev–Trinajstić information content (AvgIpc) is 2.18. The van der Waals surface area contributed by atoms with Crippen LogP contribution in [0.5, 0.6) is 0 Å². The Morgan fingerprint density at radius 2 is 2.00 bits per heavy atom. The van der Waals surface area contributed by atoms with E-state index in [1.54, 1.807) is 24.3 Å². The Balaban J connectivity index is 2.22. The first kappa shape index (κ1) is 9.51. The molecule has 1 amide bonds. The van der Waals surface area contributed by atoms with E-state index in [2.05, 4.69) is 10.6 Å². The van der Waals surface area contributed by atoms with Crippen LogP contribution in [0, 0.1) is 0 Å². The molecule has 5 heteroatoms. The third-order valence-electron chi connectivity index (χ3n) is 2.20. The number of anilines is 2. The normalized spacial score (nSPS) is 18.7. The summed E-state index contributed by atoms with van der Waals surface area (Å²) in [6.07, 6.45) is -0.333. The van der Waals surface area contributed by atoms with Crippen LogP contribution >= 0.6 is 0 Å². The molecule has 2 N–H and O–H groups in total. The minimum absolute atomic E-state index is 0.333. The number of para-hydroxylation sites is 2. The van der Waals surface area contributed by atoms with Gasteiger partial charge in [-0.15, -0.1) is 0 Å². The molecule has 1 atom stereocenters. The van der Waals surface area contributed by atoms with Gasteiger partial charge < -0.3 is 20.5 Å². The predicted molar refractivity (Wildman–Crippen MR) is 52.1 cm³/mol. The highest BCUT2D eigenvalue weighted by molar-refractivity contribution is 6.04. The second-order valence-corrected chi connectivity index (χ2v) is 3.31. The number of nitrogens with one attached hydrogen (secondary N) is 2. The molecule has 0 aromatic heterocycles. The maximum absolute atomic E-state index is 11.4. The van der Waals surface area contributed by atoms with Crippen molar-refractivity contribution in [1.29, 1.82) is 0 Å². The molecule has 1 aliphatic heterocycles. The van der Waals surface area contributed by atoms with Crippen LogP contribution < -0.4 is 15.7 Å². The lowest BCUT2D eigenvalue weighted by atomic mass is 10.1. The number of carboxylic acid groups (broad SMARTS) is 1. The molecule has 0 bridgehead atoms. The van der Waals surface area contributed by atoms with Gasteiger partial charge in [0.25, 0.3) is 0 Å². The van der Waals surface area contributed by atoms with Gasteiger partial charge in [-0.05, 0) is 12.1 Å². The molecule has 15 heavy (non-hydrogen) atoms. The smallest absolute Gasteiger partial charge is 0.247 e. The van der Waals surface area contributed by atoms with Gasteiger partial charge in [0.2, 0.25) is 5.91 Å². The first-order valence-electron chi connectivity index (χ1n) is 4.53. The Labute approximate surface area is 86.1 Å². The summed E-state index contributed by atoms with van der Waals surface area (Å²) in [4.78, 5) is 21.8. The largest absolute Gasteiger partial charge is 0.550 e. The molecule has 0 radical (unpaired) electrons. The summed E-state index contributed by atoms with van der Waals surface area (Å²) in [7, 11) is 0. The summed E-state index contributed by atoms with van der Waals surface area (Å²) in [5.41, 5.74) is 1.39. The molecule has 2 rings (SSSR count). The molecule has 1 unspecified atom stereocenters. The minimum atomic E-state index is -1.25. The second-order valence-electron chi connectivity index (χ2n) is 3.31. The van der Waals surface area contributed by atoms with Crippen LogP contribution in [-0.2, 0) is 9.59 Å². The number of carbonyl (C=O) groups excluding carboxylic acids is 2. The molecular formula is C10H9N2O3-. The molecule has 1 aliphatic rings. The predicted octanol–water partition coefficient (Wildman–Crippen LogP) is -0.441. The number of carboxylic acids is 1. The molecule has 0 saturated heterocycles. The topological polar surface area (TPSA) is 81.3 Å². The van der Waals surface area contributed by atoms with Gasteiger partial charge in [-0.25, -0.2) is 0 Å². The van der Waals surface area contributed by atoms with E-state index in [1.165, 1.54) is 0 Å². The monoisotopic (exact) mass is 205 g/mol. The third kappa shape index (κ3) is 1.90. The zero-order chi connectivity index (χ0) is 10.8. The summed E-state index contributed by atoms with van der Waals surface area (Å²) in [5.74, 6) is -1.60. The molecule has 5 nitrogen and oxygen atoms in total. The Hall–Kier alpha value is -2.04. The molecule has 0 spiro atoms. The SMILES string of the molecule is O=C([O-])CC1Nc2ccccc2NC1=O. The lowest BCUT2D eigenvalue weighted by Crippen LogP contribution is -2.42. The minimum Gasteiger partial charge on any atom is -0.550 e. The van der Waals surface area contributed by atoms with Gasteiger partial charge in [-0.3, -0.25) is 4.79 Å². The Bertz CT molecular complexity index is 417.